The zero-order chi connectivity index (χ0) is 10.1. The summed E-state index contributed by atoms with van der Waals surface area (Å²) in [4.78, 5) is 8.72. The summed E-state index contributed by atoms with van der Waals surface area (Å²) in [5.41, 5.74) is 1.03. The Labute approximate surface area is 89.5 Å². The van der Waals surface area contributed by atoms with Crippen molar-refractivity contribution in [2.45, 2.75) is 44.3 Å². The molecule has 2 aliphatic rings. The van der Waals surface area contributed by atoms with Crippen molar-refractivity contribution in [1.82, 2.24) is 15.3 Å². The lowest BCUT2D eigenvalue weighted by molar-refractivity contribution is 0.672. The van der Waals surface area contributed by atoms with E-state index in [2.05, 4.69) is 20.6 Å². The van der Waals surface area contributed by atoms with Crippen LogP contribution < -0.4 is 10.6 Å². The van der Waals surface area contributed by atoms with Gasteiger partial charge in [0.2, 0.25) is 0 Å². The van der Waals surface area contributed by atoms with Gasteiger partial charge < -0.3 is 10.6 Å². The molecule has 0 saturated heterocycles. The van der Waals surface area contributed by atoms with E-state index in [1.807, 2.05) is 6.20 Å². The summed E-state index contributed by atoms with van der Waals surface area (Å²) in [7, 11) is 0. The topological polar surface area (TPSA) is 49.8 Å². The zero-order valence-electron chi connectivity index (χ0n) is 8.74. The molecule has 0 amide bonds. The van der Waals surface area contributed by atoms with Crippen LogP contribution in [0, 0.1) is 0 Å². The molecule has 0 aromatic carbocycles. The van der Waals surface area contributed by atoms with E-state index >= 15 is 0 Å². The molecule has 0 aliphatic heterocycles. The van der Waals surface area contributed by atoms with Crippen molar-refractivity contribution in [3.8, 4) is 0 Å². The Bertz CT molecular complexity index is 344. The van der Waals surface area contributed by atoms with Crippen LogP contribution in [0.4, 0.5) is 5.82 Å². The molecule has 0 unspecified atom stereocenters. The van der Waals surface area contributed by atoms with Gasteiger partial charge in [-0.2, -0.15) is 0 Å². The Morgan fingerprint density at radius 3 is 2.67 bits per heavy atom. The minimum Gasteiger partial charge on any atom is -0.366 e. The van der Waals surface area contributed by atoms with Crippen LogP contribution in [-0.2, 0) is 6.54 Å². The fourth-order valence-corrected chi connectivity index (χ4v) is 1.53. The van der Waals surface area contributed by atoms with Crippen LogP contribution in [0.2, 0.25) is 0 Å². The van der Waals surface area contributed by atoms with E-state index in [1.54, 1.807) is 6.20 Å². The highest BCUT2D eigenvalue weighted by molar-refractivity contribution is 5.34. The Hall–Kier alpha value is -1.16. The second kappa shape index (κ2) is 3.77. The van der Waals surface area contributed by atoms with Crippen LogP contribution in [0.5, 0.6) is 0 Å². The zero-order valence-corrected chi connectivity index (χ0v) is 8.74. The quantitative estimate of drug-likeness (QED) is 0.759. The summed E-state index contributed by atoms with van der Waals surface area (Å²) < 4.78 is 0. The van der Waals surface area contributed by atoms with Gasteiger partial charge in [0.25, 0.3) is 0 Å². The van der Waals surface area contributed by atoms with Crippen molar-refractivity contribution in [2.24, 2.45) is 0 Å². The lowest BCUT2D eigenvalue weighted by Gasteiger charge is -2.06. The molecule has 1 aromatic rings. The van der Waals surface area contributed by atoms with Gasteiger partial charge in [0.05, 0.1) is 11.9 Å². The summed E-state index contributed by atoms with van der Waals surface area (Å²) in [6, 6.07) is 1.37. The maximum Gasteiger partial charge on any atom is 0.145 e. The molecule has 1 aromatic heterocycles. The van der Waals surface area contributed by atoms with E-state index < -0.39 is 0 Å². The number of hydrogen-bond acceptors (Lipinski definition) is 4. The first-order chi connectivity index (χ1) is 7.40. The number of nitrogens with zero attached hydrogens (tertiary/aromatic N) is 2. The summed E-state index contributed by atoms with van der Waals surface area (Å²) in [6.45, 7) is 0.845. The molecule has 0 spiro atoms. The second-order valence-corrected chi connectivity index (χ2v) is 4.47. The third-order valence-electron chi connectivity index (χ3n) is 2.76. The first kappa shape index (κ1) is 9.09. The molecular weight excluding hydrogens is 188 g/mol. The molecule has 2 saturated carbocycles. The molecule has 0 radical (unpaired) electrons. The third kappa shape index (κ3) is 2.65. The summed E-state index contributed by atoms with van der Waals surface area (Å²) in [6.07, 6.45) is 8.81. The highest BCUT2D eigenvalue weighted by Gasteiger charge is 2.22. The average Bonchev–Trinajstić information content (AvgIpc) is 3.10. The van der Waals surface area contributed by atoms with E-state index in [9.17, 15) is 0 Å². The van der Waals surface area contributed by atoms with E-state index in [0.717, 1.165) is 24.1 Å². The molecular formula is C11H16N4. The molecule has 4 nitrogen and oxygen atoms in total. The van der Waals surface area contributed by atoms with Gasteiger partial charge in [-0.05, 0) is 25.7 Å². The van der Waals surface area contributed by atoms with Crippen LogP contribution in [0.1, 0.15) is 31.4 Å². The molecule has 2 aliphatic carbocycles. The van der Waals surface area contributed by atoms with Crippen LogP contribution >= 0.6 is 0 Å². The van der Waals surface area contributed by atoms with Gasteiger partial charge in [-0.3, -0.25) is 4.98 Å². The highest BCUT2D eigenvalue weighted by atomic mass is 15.1. The lowest BCUT2D eigenvalue weighted by Crippen LogP contribution is -2.17. The average molecular weight is 204 g/mol. The largest absolute Gasteiger partial charge is 0.366 e. The lowest BCUT2D eigenvalue weighted by atomic mass is 10.4. The second-order valence-electron chi connectivity index (χ2n) is 4.47. The maximum absolute atomic E-state index is 4.52. The van der Waals surface area contributed by atoms with Crippen LogP contribution in [0.25, 0.3) is 0 Å². The van der Waals surface area contributed by atoms with E-state index in [0.29, 0.717) is 6.04 Å². The summed E-state index contributed by atoms with van der Waals surface area (Å²) in [5.74, 6) is 0.924. The number of rotatable bonds is 5. The van der Waals surface area contributed by atoms with E-state index in [1.165, 1.54) is 25.7 Å². The molecule has 2 N–H and O–H groups in total. The Balaban J connectivity index is 1.59. The number of aromatic nitrogens is 2. The predicted molar refractivity (Wildman–Crippen MR) is 58.5 cm³/mol. The molecule has 15 heavy (non-hydrogen) atoms. The van der Waals surface area contributed by atoms with Gasteiger partial charge in [0.1, 0.15) is 5.82 Å². The van der Waals surface area contributed by atoms with Crippen LogP contribution in [-0.4, -0.2) is 22.1 Å². The maximum atomic E-state index is 4.52. The van der Waals surface area contributed by atoms with Crippen LogP contribution in [0.15, 0.2) is 12.4 Å². The normalized spacial score (nSPS) is 20.3. The molecule has 4 heteroatoms. The van der Waals surface area contributed by atoms with Crippen molar-refractivity contribution in [3.63, 3.8) is 0 Å². The monoisotopic (exact) mass is 204 g/mol. The number of nitrogens with one attached hydrogen (secondary N) is 2. The van der Waals surface area contributed by atoms with Crippen molar-refractivity contribution >= 4 is 5.82 Å². The van der Waals surface area contributed by atoms with Gasteiger partial charge >= 0.3 is 0 Å². The van der Waals surface area contributed by atoms with Gasteiger partial charge in [-0.1, -0.05) is 0 Å². The highest BCUT2D eigenvalue weighted by Crippen LogP contribution is 2.23. The predicted octanol–water partition coefficient (Wildman–Crippen LogP) is 1.30. The molecule has 1 heterocycles. The molecule has 3 rings (SSSR count). The standard InChI is InChI=1S/C11H16N4/c1-2-8(1)13-6-10-5-12-7-11(15-10)14-9-3-4-9/h5,7-9,13H,1-4,6H2,(H,14,15). The van der Waals surface area contributed by atoms with Crippen molar-refractivity contribution in [2.75, 3.05) is 5.32 Å². The number of hydrogen-bond donors (Lipinski definition) is 2. The molecule has 0 bridgehead atoms. The Kier molecular flexibility index (Phi) is 2.29. The minimum atomic E-state index is 0.644. The Morgan fingerprint density at radius 2 is 1.93 bits per heavy atom. The van der Waals surface area contributed by atoms with Crippen LogP contribution in [0.3, 0.4) is 0 Å². The SMILES string of the molecule is c1ncc(NC2CC2)nc1CNC1CC1. The first-order valence-electron chi connectivity index (χ1n) is 5.71. The summed E-state index contributed by atoms with van der Waals surface area (Å²) in [5, 5.41) is 6.80. The minimum absolute atomic E-state index is 0.644. The smallest absolute Gasteiger partial charge is 0.145 e. The van der Waals surface area contributed by atoms with E-state index in [-0.39, 0.29) is 0 Å². The molecule has 2 fully saturated rings. The Morgan fingerprint density at radius 1 is 1.13 bits per heavy atom. The first-order valence-corrected chi connectivity index (χ1v) is 5.71. The van der Waals surface area contributed by atoms with Gasteiger partial charge in [-0.15, -0.1) is 0 Å². The fourth-order valence-electron chi connectivity index (χ4n) is 1.53. The van der Waals surface area contributed by atoms with Crippen molar-refractivity contribution in [1.29, 1.82) is 0 Å². The van der Waals surface area contributed by atoms with Gasteiger partial charge in [0, 0.05) is 24.8 Å². The molecule has 0 atom stereocenters. The van der Waals surface area contributed by atoms with E-state index in [4.69, 9.17) is 0 Å². The molecule has 80 valence electrons. The van der Waals surface area contributed by atoms with Gasteiger partial charge in [0.15, 0.2) is 0 Å². The fraction of sp³-hybridized carbons (Fsp3) is 0.636. The van der Waals surface area contributed by atoms with Crippen molar-refractivity contribution in [3.05, 3.63) is 18.1 Å². The number of anilines is 1. The van der Waals surface area contributed by atoms with Crippen molar-refractivity contribution < 1.29 is 0 Å². The third-order valence-corrected chi connectivity index (χ3v) is 2.76. The summed E-state index contributed by atoms with van der Waals surface area (Å²) >= 11 is 0. The van der Waals surface area contributed by atoms with Gasteiger partial charge in [-0.25, -0.2) is 4.98 Å².